The van der Waals surface area contributed by atoms with Crippen molar-refractivity contribution in [1.29, 1.82) is 0 Å². The van der Waals surface area contributed by atoms with Crippen molar-refractivity contribution in [2.75, 3.05) is 0 Å². The fourth-order valence-electron chi connectivity index (χ4n) is 1.42. The molecule has 2 rings (SSSR count). The van der Waals surface area contributed by atoms with E-state index >= 15 is 0 Å². The van der Waals surface area contributed by atoms with Gasteiger partial charge in [0.05, 0.1) is 6.20 Å². The lowest BCUT2D eigenvalue weighted by Gasteiger charge is -2.03. The normalized spacial score (nSPS) is 13.2. The molecule has 1 atom stereocenters. The van der Waals surface area contributed by atoms with Crippen molar-refractivity contribution in [3.05, 3.63) is 29.7 Å². The molecule has 0 saturated heterocycles. The first-order chi connectivity index (χ1) is 7.66. The Morgan fingerprint density at radius 1 is 1.31 bits per heavy atom. The third-order valence-electron chi connectivity index (χ3n) is 2.50. The molecule has 0 aromatic carbocycles. The van der Waals surface area contributed by atoms with Crippen molar-refractivity contribution in [3.8, 4) is 0 Å². The van der Waals surface area contributed by atoms with Gasteiger partial charge >= 0.3 is 0 Å². The smallest absolute Gasteiger partial charge is 0.227 e. The van der Waals surface area contributed by atoms with Crippen molar-refractivity contribution in [1.82, 2.24) is 15.3 Å². The van der Waals surface area contributed by atoms with Gasteiger partial charge in [0.15, 0.2) is 5.82 Å². The second kappa shape index (κ2) is 4.47. The molecule has 1 unspecified atom stereocenters. The molecule has 0 aliphatic rings. The Morgan fingerprint density at radius 3 is 2.69 bits per heavy atom. The van der Waals surface area contributed by atoms with Gasteiger partial charge in [0.25, 0.3) is 0 Å². The van der Waals surface area contributed by atoms with Crippen molar-refractivity contribution in [2.24, 2.45) is 0 Å². The average Bonchev–Trinajstić information content (AvgIpc) is 2.87. The highest BCUT2D eigenvalue weighted by Crippen LogP contribution is 2.19. The minimum atomic E-state index is 0.270. The van der Waals surface area contributed by atoms with Gasteiger partial charge < -0.3 is 9.05 Å². The van der Waals surface area contributed by atoms with E-state index in [9.17, 15) is 0 Å². The van der Waals surface area contributed by atoms with Gasteiger partial charge in [0, 0.05) is 17.9 Å². The van der Waals surface area contributed by atoms with Crippen molar-refractivity contribution in [2.45, 2.75) is 39.0 Å². The average molecular weight is 221 g/mol. The molecule has 86 valence electrons. The molecule has 2 heterocycles. The molecule has 0 amide bonds. The van der Waals surface area contributed by atoms with Crippen LogP contribution >= 0.6 is 0 Å². The van der Waals surface area contributed by atoms with Gasteiger partial charge in [0.1, 0.15) is 6.26 Å². The molecule has 0 fully saturated rings. The highest BCUT2D eigenvalue weighted by molar-refractivity contribution is 5.09. The van der Waals surface area contributed by atoms with Crippen LogP contribution in [0.15, 0.2) is 21.5 Å². The number of nitrogens with zero attached hydrogens (tertiary/aromatic N) is 3. The molecule has 0 aliphatic heterocycles. The largest absolute Gasteiger partial charge is 0.364 e. The zero-order valence-electron chi connectivity index (χ0n) is 9.67. The van der Waals surface area contributed by atoms with E-state index in [0.29, 0.717) is 18.2 Å². The van der Waals surface area contributed by atoms with E-state index in [4.69, 9.17) is 9.05 Å². The Balaban J connectivity index is 2.03. The summed E-state index contributed by atoms with van der Waals surface area (Å²) in [4.78, 5) is 4.33. The first kappa shape index (κ1) is 10.9. The molecular formula is C11H15N3O2. The van der Waals surface area contributed by atoms with E-state index in [2.05, 4.69) is 22.2 Å². The number of aromatic nitrogens is 3. The second-order valence-corrected chi connectivity index (χ2v) is 4.26. The monoisotopic (exact) mass is 221 g/mol. The van der Waals surface area contributed by atoms with Crippen LogP contribution in [0.4, 0.5) is 0 Å². The zero-order chi connectivity index (χ0) is 11.5. The molecule has 0 bridgehead atoms. The van der Waals surface area contributed by atoms with Gasteiger partial charge in [-0.15, -0.1) is 0 Å². The lowest BCUT2D eigenvalue weighted by molar-refractivity contribution is 0.364. The third-order valence-corrected chi connectivity index (χ3v) is 2.50. The maximum absolute atomic E-state index is 5.18. The van der Waals surface area contributed by atoms with Crippen molar-refractivity contribution >= 4 is 0 Å². The first-order valence-electron chi connectivity index (χ1n) is 5.38. The zero-order valence-corrected chi connectivity index (χ0v) is 9.67. The van der Waals surface area contributed by atoms with E-state index in [1.165, 1.54) is 0 Å². The fraction of sp³-hybridized carbons (Fsp3) is 0.545. The van der Waals surface area contributed by atoms with Crippen LogP contribution in [0.5, 0.6) is 0 Å². The molecule has 0 aliphatic carbocycles. The van der Waals surface area contributed by atoms with Crippen LogP contribution in [-0.4, -0.2) is 15.3 Å². The summed E-state index contributed by atoms with van der Waals surface area (Å²) < 4.78 is 9.98. The summed E-state index contributed by atoms with van der Waals surface area (Å²) in [5.41, 5.74) is 1.05. The third kappa shape index (κ3) is 2.29. The Labute approximate surface area is 93.8 Å². The van der Waals surface area contributed by atoms with E-state index in [1.54, 1.807) is 12.5 Å². The lowest BCUT2D eigenvalue weighted by atomic mass is 10.0. The van der Waals surface area contributed by atoms with Gasteiger partial charge in [-0.1, -0.05) is 31.1 Å². The maximum atomic E-state index is 5.18. The summed E-state index contributed by atoms with van der Waals surface area (Å²) in [6, 6.07) is 0. The van der Waals surface area contributed by atoms with E-state index in [0.717, 1.165) is 11.4 Å². The molecule has 0 spiro atoms. The maximum Gasteiger partial charge on any atom is 0.227 e. The lowest BCUT2D eigenvalue weighted by Crippen LogP contribution is -1.98. The quantitative estimate of drug-likeness (QED) is 0.793. The summed E-state index contributed by atoms with van der Waals surface area (Å²) >= 11 is 0. The van der Waals surface area contributed by atoms with E-state index in [-0.39, 0.29) is 5.92 Å². The Bertz CT molecular complexity index is 434. The summed E-state index contributed by atoms with van der Waals surface area (Å²) in [5, 5.41) is 7.60. The molecule has 0 N–H and O–H groups in total. The van der Waals surface area contributed by atoms with Crippen LogP contribution in [0.3, 0.4) is 0 Å². The molecule has 2 aromatic rings. The second-order valence-electron chi connectivity index (χ2n) is 4.26. The number of hydrogen-bond acceptors (Lipinski definition) is 5. The Hall–Kier alpha value is -1.65. The van der Waals surface area contributed by atoms with Gasteiger partial charge in [-0.25, -0.2) is 0 Å². The molecular weight excluding hydrogens is 206 g/mol. The van der Waals surface area contributed by atoms with Gasteiger partial charge in [-0.3, -0.25) is 0 Å². The Morgan fingerprint density at radius 2 is 2.12 bits per heavy atom. The van der Waals surface area contributed by atoms with Gasteiger partial charge in [-0.2, -0.15) is 4.98 Å². The van der Waals surface area contributed by atoms with E-state index < -0.39 is 0 Å². The summed E-state index contributed by atoms with van der Waals surface area (Å²) in [5.74, 6) is 1.99. The number of hydrogen-bond donors (Lipinski definition) is 0. The molecule has 5 nitrogen and oxygen atoms in total. The number of rotatable bonds is 4. The van der Waals surface area contributed by atoms with Crippen LogP contribution in [0.2, 0.25) is 0 Å². The van der Waals surface area contributed by atoms with Gasteiger partial charge in [-0.05, 0) is 5.92 Å². The van der Waals surface area contributed by atoms with E-state index in [1.807, 2.05) is 13.8 Å². The topological polar surface area (TPSA) is 65.0 Å². The van der Waals surface area contributed by atoms with Crippen molar-refractivity contribution in [3.63, 3.8) is 0 Å². The molecule has 0 saturated carbocycles. The van der Waals surface area contributed by atoms with Crippen LogP contribution in [0, 0.1) is 0 Å². The minimum Gasteiger partial charge on any atom is -0.364 e. The summed E-state index contributed by atoms with van der Waals surface area (Å²) in [7, 11) is 0. The van der Waals surface area contributed by atoms with Gasteiger partial charge in [0.2, 0.25) is 5.89 Å². The van der Waals surface area contributed by atoms with Crippen LogP contribution < -0.4 is 0 Å². The first-order valence-corrected chi connectivity index (χ1v) is 5.38. The van der Waals surface area contributed by atoms with Crippen LogP contribution in [0.1, 0.15) is 49.9 Å². The fourth-order valence-corrected chi connectivity index (χ4v) is 1.42. The molecule has 2 aromatic heterocycles. The standard InChI is InChI=1S/C11H15N3O2/c1-7(2)11-13-10(16-14-11)4-8(3)9-5-12-15-6-9/h5-8H,4H2,1-3H3. The predicted octanol–water partition coefficient (Wildman–Crippen LogP) is 2.53. The molecule has 16 heavy (non-hydrogen) atoms. The summed E-state index contributed by atoms with van der Waals surface area (Å²) in [6.45, 7) is 6.15. The SMILES string of the molecule is CC(C)c1noc(CC(C)c2cnoc2)n1. The minimum absolute atomic E-state index is 0.270. The molecule has 0 radical (unpaired) electrons. The van der Waals surface area contributed by atoms with Crippen LogP contribution in [-0.2, 0) is 6.42 Å². The van der Waals surface area contributed by atoms with Crippen LogP contribution in [0.25, 0.3) is 0 Å². The van der Waals surface area contributed by atoms with Crippen molar-refractivity contribution < 1.29 is 9.05 Å². The summed E-state index contributed by atoms with van der Waals surface area (Å²) in [6.07, 6.45) is 4.07. The highest BCUT2D eigenvalue weighted by Gasteiger charge is 2.15. The molecule has 5 heteroatoms. The predicted molar refractivity (Wildman–Crippen MR) is 57.0 cm³/mol. The Kier molecular flexibility index (Phi) is 3.03. The highest BCUT2D eigenvalue weighted by atomic mass is 16.5.